The first kappa shape index (κ1) is 14.9. The highest BCUT2D eigenvalue weighted by molar-refractivity contribution is 5.82. The molecule has 1 aromatic carbocycles. The molecule has 0 amide bonds. The van der Waals surface area contributed by atoms with Gasteiger partial charge < -0.3 is 9.52 Å². The highest BCUT2D eigenvalue weighted by Crippen LogP contribution is 2.33. The van der Waals surface area contributed by atoms with E-state index in [1.807, 2.05) is 13.1 Å². The summed E-state index contributed by atoms with van der Waals surface area (Å²) in [7, 11) is 2.00. The fraction of sp³-hybridized carbons (Fsp3) is 0.526. The van der Waals surface area contributed by atoms with Crippen LogP contribution in [0.5, 0.6) is 0 Å². The number of nitrogens with zero attached hydrogens (tertiary/aromatic N) is 1. The van der Waals surface area contributed by atoms with E-state index in [1.54, 1.807) is 6.07 Å². The van der Waals surface area contributed by atoms with Crippen LogP contribution in [0.1, 0.15) is 36.0 Å². The average molecular weight is 313 g/mol. The van der Waals surface area contributed by atoms with E-state index >= 15 is 0 Å². The maximum atomic E-state index is 11.9. The first-order valence-corrected chi connectivity index (χ1v) is 8.55. The normalized spacial score (nSPS) is 18.6. The molecule has 1 saturated carbocycles. The van der Waals surface area contributed by atoms with Crippen molar-refractivity contribution in [2.45, 2.75) is 44.8 Å². The summed E-state index contributed by atoms with van der Waals surface area (Å²) in [5.41, 5.74) is 4.10. The summed E-state index contributed by atoms with van der Waals surface area (Å²) in [6, 6.07) is 5.84. The molecule has 23 heavy (non-hydrogen) atoms. The van der Waals surface area contributed by atoms with Crippen LogP contribution in [0.3, 0.4) is 0 Å². The van der Waals surface area contributed by atoms with Crippen molar-refractivity contribution in [2.24, 2.45) is 5.92 Å². The second-order valence-corrected chi connectivity index (χ2v) is 7.16. The molecular weight excluding hydrogens is 290 g/mol. The van der Waals surface area contributed by atoms with E-state index in [4.69, 9.17) is 4.42 Å². The third-order valence-electron chi connectivity index (χ3n) is 5.15. The van der Waals surface area contributed by atoms with Gasteiger partial charge in [-0.3, -0.25) is 4.90 Å². The van der Waals surface area contributed by atoms with Crippen LogP contribution in [0.25, 0.3) is 11.0 Å². The Bertz CT molecular complexity index is 791. The highest BCUT2D eigenvalue weighted by atomic mass is 16.4. The lowest BCUT2D eigenvalue weighted by Crippen LogP contribution is -2.30. The number of hydrogen-bond acceptors (Lipinski definition) is 4. The van der Waals surface area contributed by atoms with Gasteiger partial charge in [-0.25, -0.2) is 4.79 Å². The van der Waals surface area contributed by atoms with Crippen LogP contribution in [0, 0.1) is 5.92 Å². The number of benzene rings is 1. The first-order chi connectivity index (χ1) is 11.1. The van der Waals surface area contributed by atoms with Crippen LogP contribution in [-0.4, -0.2) is 29.7 Å². The van der Waals surface area contributed by atoms with E-state index in [2.05, 4.69) is 11.0 Å². The largest absolute Gasteiger partial charge is 0.423 e. The molecule has 4 nitrogen and oxygen atoms in total. The molecule has 1 heterocycles. The molecule has 2 aliphatic rings. The van der Waals surface area contributed by atoms with Crippen LogP contribution in [0.4, 0.5) is 0 Å². The lowest BCUT2D eigenvalue weighted by Gasteiger charge is -2.21. The van der Waals surface area contributed by atoms with Gasteiger partial charge in [0.15, 0.2) is 0 Å². The molecule has 1 N–H and O–H groups in total. The Balaban J connectivity index is 1.64. The number of fused-ring (bicyclic) bond motifs is 2. The zero-order valence-corrected chi connectivity index (χ0v) is 13.5. The van der Waals surface area contributed by atoms with Crippen LogP contribution in [0.15, 0.2) is 27.4 Å². The zero-order valence-electron chi connectivity index (χ0n) is 13.5. The van der Waals surface area contributed by atoms with E-state index in [-0.39, 0.29) is 11.7 Å². The molecule has 1 unspecified atom stereocenters. The van der Waals surface area contributed by atoms with Gasteiger partial charge in [0.25, 0.3) is 0 Å². The van der Waals surface area contributed by atoms with Gasteiger partial charge in [0, 0.05) is 24.5 Å². The molecule has 4 rings (SSSR count). The molecular formula is C19H23NO3. The summed E-state index contributed by atoms with van der Waals surface area (Å²) >= 11 is 0. The third kappa shape index (κ3) is 3.06. The second-order valence-electron chi connectivity index (χ2n) is 7.16. The van der Waals surface area contributed by atoms with Crippen molar-refractivity contribution in [1.82, 2.24) is 4.90 Å². The van der Waals surface area contributed by atoms with Crippen LogP contribution < -0.4 is 5.63 Å². The highest BCUT2D eigenvalue weighted by Gasteiger charge is 2.30. The Hall–Kier alpha value is -1.65. The van der Waals surface area contributed by atoms with E-state index in [0.717, 1.165) is 36.6 Å². The van der Waals surface area contributed by atoms with Gasteiger partial charge in [0.2, 0.25) is 0 Å². The van der Waals surface area contributed by atoms with Gasteiger partial charge >= 0.3 is 5.63 Å². The number of likely N-dealkylation sites (N-methyl/N-ethyl adjacent to an activating group) is 1. The van der Waals surface area contributed by atoms with Gasteiger partial charge in [-0.2, -0.15) is 0 Å². The quantitative estimate of drug-likeness (QED) is 0.862. The van der Waals surface area contributed by atoms with Crippen molar-refractivity contribution < 1.29 is 9.52 Å². The predicted molar refractivity (Wildman–Crippen MR) is 89.6 cm³/mol. The lowest BCUT2D eigenvalue weighted by molar-refractivity contribution is 0.104. The number of aliphatic hydroxyl groups is 1. The minimum atomic E-state index is -0.290. The number of hydrogen-bond donors (Lipinski definition) is 1. The van der Waals surface area contributed by atoms with Crippen molar-refractivity contribution in [1.29, 1.82) is 0 Å². The predicted octanol–water partition coefficient (Wildman–Crippen LogP) is 2.48. The summed E-state index contributed by atoms with van der Waals surface area (Å²) in [6.07, 6.45) is 5.39. The van der Waals surface area contributed by atoms with Crippen LogP contribution >= 0.6 is 0 Å². The molecule has 1 aromatic heterocycles. The molecule has 0 bridgehead atoms. The van der Waals surface area contributed by atoms with Crippen molar-refractivity contribution in [3.63, 3.8) is 0 Å². The topological polar surface area (TPSA) is 53.7 Å². The summed E-state index contributed by atoms with van der Waals surface area (Å²) in [4.78, 5) is 14.0. The van der Waals surface area contributed by atoms with Gasteiger partial charge in [-0.1, -0.05) is 0 Å². The van der Waals surface area contributed by atoms with Gasteiger partial charge in [-0.05, 0) is 73.9 Å². The molecule has 0 saturated heterocycles. The van der Waals surface area contributed by atoms with Gasteiger partial charge in [0.05, 0.1) is 6.10 Å². The summed E-state index contributed by atoms with van der Waals surface area (Å²) in [5, 5.41) is 11.1. The minimum Gasteiger partial charge on any atom is -0.423 e. The number of rotatable bonds is 5. The molecule has 2 aromatic rings. The standard InChI is InChI=1S/C19H23NO3/c1-20(11-17(21)12-5-6-12)10-15-9-19(22)23-18-8-14-4-2-3-13(14)7-16(15)18/h7-9,12,17,21H,2-6,10-11H2,1H3. The third-order valence-corrected chi connectivity index (χ3v) is 5.15. The van der Waals surface area contributed by atoms with Crippen molar-refractivity contribution in [2.75, 3.05) is 13.6 Å². The fourth-order valence-electron chi connectivity index (χ4n) is 3.73. The molecule has 122 valence electrons. The molecule has 1 fully saturated rings. The average Bonchev–Trinajstić information content (AvgIpc) is 3.25. The Labute approximate surface area is 135 Å². The zero-order chi connectivity index (χ0) is 16.0. The van der Waals surface area contributed by atoms with E-state index in [1.165, 1.54) is 17.5 Å². The van der Waals surface area contributed by atoms with Crippen LogP contribution in [-0.2, 0) is 19.4 Å². The SMILES string of the molecule is CN(Cc1cc(=O)oc2cc3c(cc12)CCC3)CC(O)C1CC1. The van der Waals surface area contributed by atoms with E-state index in [0.29, 0.717) is 24.6 Å². The smallest absolute Gasteiger partial charge is 0.336 e. The number of aryl methyl sites for hydroxylation is 2. The fourth-order valence-corrected chi connectivity index (χ4v) is 3.73. The monoisotopic (exact) mass is 313 g/mol. The maximum absolute atomic E-state index is 11.9. The van der Waals surface area contributed by atoms with Crippen molar-refractivity contribution in [3.05, 3.63) is 45.3 Å². The Morgan fingerprint density at radius 2 is 2.00 bits per heavy atom. The van der Waals surface area contributed by atoms with Gasteiger partial charge in [0.1, 0.15) is 5.58 Å². The number of aliphatic hydroxyl groups excluding tert-OH is 1. The maximum Gasteiger partial charge on any atom is 0.336 e. The lowest BCUT2D eigenvalue weighted by atomic mass is 10.0. The molecule has 2 aliphatic carbocycles. The Morgan fingerprint density at radius 3 is 2.74 bits per heavy atom. The summed E-state index contributed by atoms with van der Waals surface area (Å²) in [5.74, 6) is 0.471. The van der Waals surface area contributed by atoms with Crippen molar-refractivity contribution >= 4 is 11.0 Å². The minimum absolute atomic E-state index is 0.254. The first-order valence-electron chi connectivity index (χ1n) is 8.55. The Kier molecular flexibility index (Phi) is 3.74. The van der Waals surface area contributed by atoms with Crippen molar-refractivity contribution in [3.8, 4) is 0 Å². The molecule has 1 atom stereocenters. The molecule has 0 aliphatic heterocycles. The molecule has 0 radical (unpaired) electrons. The molecule has 4 heteroatoms. The summed E-state index contributed by atoms with van der Waals surface area (Å²) < 4.78 is 5.42. The van der Waals surface area contributed by atoms with E-state index < -0.39 is 0 Å². The van der Waals surface area contributed by atoms with Crippen LogP contribution in [0.2, 0.25) is 0 Å². The van der Waals surface area contributed by atoms with E-state index in [9.17, 15) is 9.90 Å². The summed E-state index contributed by atoms with van der Waals surface area (Å²) in [6.45, 7) is 1.31. The second kappa shape index (κ2) is 5.77. The molecule has 0 spiro atoms. The van der Waals surface area contributed by atoms with Gasteiger partial charge in [-0.15, -0.1) is 0 Å². The Morgan fingerprint density at radius 1 is 1.26 bits per heavy atom.